The minimum absolute atomic E-state index is 0.255. The number of ether oxygens (including phenoxy) is 1. The highest BCUT2D eigenvalue weighted by molar-refractivity contribution is 5.73. The number of esters is 1. The largest absolute Gasteiger partial charge is 0.426 e. The second-order valence-electron chi connectivity index (χ2n) is 4.19. The maximum Gasteiger partial charge on any atom is 0.312 e. The van der Waals surface area contributed by atoms with Crippen LogP contribution in [0, 0.1) is 6.92 Å². The molecule has 3 nitrogen and oxygen atoms in total. The molecule has 88 valence electrons. The van der Waals surface area contributed by atoms with Gasteiger partial charge in [0.25, 0.3) is 0 Å². The first-order chi connectivity index (χ1) is 7.54. The summed E-state index contributed by atoms with van der Waals surface area (Å²) in [6.07, 6.45) is 0.255. The van der Waals surface area contributed by atoms with Gasteiger partial charge in [0.2, 0.25) is 0 Å². The number of hydrogen-bond donors (Lipinski definition) is 1. The van der Waals surface area contributed by atoms with E-state index in [1.807, 2.05) is 19.1 Å². The standard InChI is InChI=1S/C13H19NO2/c1-9(2)11-5-4-10(3)12(8-11)16-13(15)6-7-14/h4-5,8-9H,6-7,14H2,1-3H3. The minimum atomic E-state index is -0.272. The average Bonchev–Trinajstić information content (AvgIpc) is 2.21. The van der Waals surface area contributed by atoms with E-state index in [-0.39, 0.29) is 12.4 Å². The Morgan fingerprint density at radius 1 is 1.44 bits per heavy atom. The van der Waals surface area contributed by atoms with Gasteiger partial charge in [0.05, 0.1) is 6.42 Å². The number of hydrogen-bond acceptors (Lipinski definition) is 3. The molecule has 0 aliphatic carbocycles. The van der Waals surface area contributed by atoms with Gasteiger partial charge >= 0.3 is 5.97 Å². The van der Waals surface area contributed by atoms with Gasteiger partial charge in [-0.1, -0.05) is 26.0 Å². The van der Waals surface area contributed by atoms with E-state index in [1.54, 1.807) is 0 Å². The molecule has 3 heteroatoms. The first kappa shape index (κ1) is 12.7. The molecular formula is C13H19NO2. The predicted molar refractivity (Wildman–Crippen MR) is 64.6 cm³/mol. The summed E-state index contributed by atoms with van der Waals surface area (Å²) in [4.78, 5) is 11.3. The SMILES string of the molecule is Cc1ccc(C(C)C)cc1OC(=O)CCN. The maximum absolute atomic E-state index is 11.3. The molecule has 0 atom stereocenters. The molecule has 0 fully saturated rings. The summed E-state index contributed by atoms with van der Waals surface area (Å²) in [6, 6.07) is 5.95. The van der Waals surface area contributed by atoms with Crippen LogP contribution < -0.4 is 10.5 Å². The van der Waals surface area contributed by atoms with Crippen molar-refractivity contribution in [1.29, 1.82) is 0 Å². The normalized spacial score (nSPS) is 10.6. The third kappa shape index (κ3) is 3.35. The molecule has 1 rings (SSSR count). The zero-order valence-corrected chi connectivity index (χ0v) is 10.1. The van der Waals surface area contributed by atoms with E-state index in [4.69, 9.17) is 10.5 Å². The van der Waals surface area contributed by atoms with Crippen LogP contribution in [0.2, 0.25) is 0 Å². The topological polar surface area (TPSA) is 52.3 Å². The quantitative estimate of drug-likeness (QED) is 0.627. The molecule has 0 aromatic heterocycles. The molecule has 1 aromatic rings. The molecule has 0 saturated carbocycles. The van der Waals surface area contributed by atoms with E-state index in [1.165, 1.54) is 5.56 Å². The van der Waals surface area contributed by atoms with Gasteiger partial charge < -0.3 is 10.5 Å². The molecule has 0 bridgehead atoms. The van der Waals surface area contributed by atoms with Crippen molar-refractivity contribution < 1.29 is 9.53 Å². The Labute approximate surface area is 96.6 Å². The first-order valence-electron chi connectivity index (χ1n) is 5.56. The van der Waals surface area contributed by atoms with E-state index in [0.717, 1.165) is 5.56 Å². The van der Waals surface area contributed by atoms with Crippen LogP contribution in [0.25, 0.3) is 0 Å². The molecule has 16 heavy (non-hydrogen) atoms. The van der Waals surface area contributed by atoms with Crippen molar-refractivity contribution in [2.45, 2.75) is 33.1 Å². The summed E-state index contributed by atoms with van der Waals surface area (Å²) in [5.74, 6) is 0.795. The third-order valence-electron chi connectivity index (χ3n) is 2.45. The fraction of sp³-hybridized carbons (Fsp3) is 0.462. The lowest BCUT2D eigenvalue weighted by Crippen LogP contribution is -2.14. The highest BCUT2D eigenvalue weighted by Crippen LogP contribution is 2.24. The van der Waals surface area contributed by atoms with Crippen LogP contribution in [0.1, 0.15) is 37.3 Å². The van der Waals surface area contributed by atoms with E-state index < -0.39 is 0 Å². The molecule has 0 saturated heterocycles. The van der Waals surface area contributed by atoms with Crippen molar-refractivity contribution in [3.05, 3.63) is 29.3 Å². The number of nitrogens with two attached hydrogens (primary N) is 1. The second kappa shape index (κ2) is 5.66. The van der Waals surface area contributed by atoms with Crippen molar-refractivity contribution in [3.63, 3.8) is 0 Å². The zero-order valence-electron chi connectivity index (χ0n) is 10.1. The Hall–Kier alpha value is -1.35. The van der Waals surface area contributed by atoms with Crippen molar-refractivity contribution in [3.8, 4) is 5.75 Å². The Balaban J connectivity index is 2.86. The van der Waals surface area contributed by atoms with Crippen LogP contribution in [0.3, 0.4) is 0 Å². The third-order valence-corrected chi connectivity index (χ3v) is 2.45. The highest BCUT2D eigenvalue weighted by Gasteiger charge is 2.08. The zero-order chi connectivity index (χ0) is 12.1. The Morgan fingerprint density at radius 2 is 2.12 bits per heavy atom. The smallest absolute Gasteiger partial charge is 0.312 e. The molecule has 1 aromatic carbocycles. The summed E-state index contributed by atoms with van der Waals surface area (Å²) < 4.78 is 5.26. The van der Waals surface area contributed by atoms with Crippen LogP contribution in [0.4, 0.5) is 0 Å². The molecule has 0 aliphatic heterocycles. The summed E-state index contributed by atoms with van der Waals surface area (Å²) >= 11 is 0. The molecule has 0 heterocycles. The van der Waals surface area contributed by atoms with Crippen LogP contribution in [0.5, 0.6) is 5.75 Å². The number of benzene rings is 1. The average molecular weight is 221 g/mol. The van der Waals surface area contributed by atoms with Crippen molar-refractivity contribution >= 4 is 5.97 Å². The monoisotopic (exact) mass is 221 g/mol. The first-order valence-corrected chi connectivity index (χ1v) is 5.56. The van der Waals surface area contributed by atoms with Crippen molar-refractivity contribution in [1.82, 2.24) is 0 Å². The van der Waals surface area contributed by atoms with E-state index in [0.29, 0.717) is 18.2 Å². The van der Waals surface area contributed by atoms with E-state index in [9.17, 15) is 4.79 Å². The van der Waals surface area contributed by atoms with E-state index in [2.05, 4.69) is 19.9 Å². The number of rotatable bonds is 4. The molecule has 2 N–H and O–H groups in total. The predicted octanol–water partition coefficient (Wildman–Crippen LogP) is 2.37. The van der Waals surface area contributed by atoms with Gasteiger partial charge in [-0.3, -0.25) is 4.79 Å². The molecule has 0 amide bonds. The lowest BCUT2D eigenvalue weighted by molar-refractivity contribution is -0.134. The van der Waals surface area contributed by atoms with Crippen molar-refractivity contribution in [2.24, 2.45) is 5.73 Å². The van der Waals surface area contributed by atoms with Crippen molar-refractivity contribution in [2.75, 3.05) is 6.54 Å². The summed E-state index contributed by atoms with van der Waals surface area (Å²) in [7, 11) is 0. The highest BCUT2D eigenvalue weighted by atomic mass is 16.5. The second-order valence-corrected chi connectivity index (χ2v) is 4.19. The molecule has 0 radical (unpaired) electrons. The molecular weight excluding hydrogens is 202 g/mol. The summed E-state index contributed by atoms with van der Waals surface area (Å²) in [6.45, 7) is 6.46. The van der Waals surface area contributed by atoms with Crippen LogP contribution in [-0.2, 0) is 4.79 Å². The van der Waals surface area contributed by atoms with Gasteiger partial charge in [0, 0.05) is 6.54 Å². The van der Waals surface area contributed by atoms with Gasteiger partial charge in [-0.15, -0.1) is 0 Å². The van der Waals surface area contributed by atoms with Gasteiger partial charge in [0.1, 0.15) is 5.75 Å². The Kier molecular flexibility index (Phi) is 4.50. The molecule has 0 spiro atoms. The number of carbonyl (C=O) groups excluding carboxylic acids is 1. The summed E-state index contributed by atoms with van der Waals surface area (Å²) in [5, 5.41) is 0. The van der Waals surface area contributed by atoms with Gasteiger partial charge in [0.15, 0.2) is 0 Å². The fourth-order valence-electron chi connectivity index (χ4n) is 1.38. The lowest BCUT2D eigenvalue weighted by Gasteiger charge is -2.11. The van der Waals surface area contributed by atoms with E-state index >= 15 is 0 Å². The van der Waals surface area contributed by atoms with Gasteiger partial charge in [-0.2, -0.15) is 0 Å². The lowest BCUT2D eigenvalue weighted by atomic mass is 10.0. The van der Waals surface area contributed by atoms with Crippen LogP contribution in [0.15, 0.2) is 18.2 Å². The van der Waals surface area contributed by atoms with Gasteiger partial charge in [-0.05, 0) is 30.0 Å². The fourth-order valence-corrected chi connectivity index (χ4v) is 1.38. The summed E-state index contributed by atoms with van der Waals surface area (Å²) in [5.41, 5.74) is 7.43. The maximum atomic E-state index is 11.3. The Morgan fingerprint density at radius 3 is 2.69 bits per heavy atom. The van der Waals surface area contributed by atoms with Crippen LogP contribution in [-0.4, -0.2) is 12.5 Å². The number of aryl methyl sites for hydroxylation is 1. The minimum Gasteiger partial charge on any atom is -0.426 e. The molecule has 0 unspecified atom stereocenters. The Bertz CT molecular complexity index is 372. The van der Waals surface area contributed by atoms with Crippen LogP contribution >= 0.6 is 0 Å². The molecule has 0 aliphatic rings. The van der Waals surface area contributed by atoms with Gasteiger partial charge in [-0.25, -0.2) is 0 Å². The number of carbonyl (C=O) groups is 1.